The number of H-pyrrole nitrogens is 1. The first kappa shape index (κ1) is 38.2. The summed E-state index contributed by atoms with van der Waals surface area (Å²) in [6.07, 6.45) is 0.688. The van der Waals surface area contributed by atoms with Crippen molar-refractivity contribution in [3.63, 3.8) is 0 Å². The average molecular weight is 732 g/mol. The fourth-order valence-electron chi connectivity index (χ4n) is 5.38. The number of phenols is 1. The molecule has 0 unspecified atom stereocenters. The van der Waals surface area contributed by atoms with Crippen molar-refractivity contribution in [3.05, 3.63) is 97.1 Å². The van der Waals surface area contributed by atoms with Crippen molar-refractivity contribution < 1.29 is 24.2 Å². The number of benzene rings is 3. The van der Waals surface area contributed by atoms with Crippen LogP contribution in [-0.2, 0) is 33.7 Å². The van der Waals surface area contributed by atoms with E-state index in [1.54, 1.807) is 21.9 Å². The summed E-state index contributed by atoms with van der Waals surface area (Å²) < 4.78 is 12.2. The van der Waals surface area contributed by atoms with Crippen LogP contribution in [0.2, 0.25) is 10.0 Å². The molecule has 264 valence electrons. The number of nitrogens with one attached hydrogen (secondary N) is 1. The van der Waals surface area contributed by atoms with Crippen LogP contribution in [0.1, 0.15) is 37.0 Å². The molecule has 3 aromatic carbocycles. The molecule has 0 radical (unpaired) electrons. The van der Waals surface area contributed by atoms with Crippen molar-refractivity contribution >= 4 is 56.8 Å². The highest BCUT2D eigenvalue weighted by atomic mass is 35.5. The maximum absolute atomic E-state index is 13.5. The van der Waals surface area contributed by atoms with Gasteiger partial charge in [-0.25, -0.2) is 4.79 Å². The summed E-state index contributed by atoms with van der Waals surface area (Å²) >= 11 is 13.4. The number of aromatic hydroxyl groups is 1. The van der Waals surface area contributed by atoms with Gasteiger partial charge in [0.2, 0.25) is 5.91 Å². The first-order valence-electron chi connectivity index (χ1n) is 16.5. The van der Waals surface area contributed by atoms with Gasteiger partial charge in [0.15, 0.2) is 0 Å². The first-order valence-corrected chi connectivity index (χ1v) is 18.1. The Hall–Kier alpha value is -3.61. The van der Waals surface area contributed by atoms with E-state index < -0.39 is 6.09 Å². The van der Waals surface area contributed by atoms with Gasteiger partial charge in [0, 0.05) is 32.7 Å². The molecule has 10 nitrogen and oxygen atoms in total. The molecule has 2 N–H and O–H groups in total. The van der Waals surface area contributed by atoms with E-state index in [0.717, 1.165) is 41.1 Å². The molecule has 0 bridgehead atoms. The minimum Gasteiger partial charge on any atom is -0.506 e. The van der Waals surface area contributed by atoms with Gasteiger partial charge in [-0.1, -0.05) is 96.9 Å². The van der Waals surface area contributed by atoms with Crippen LogP contribution in [0.25, 0.3) is 10.2 Å². The number of thiazole rings is 1. The summed E-state index contributed by atoms with van der Waals surface area (Å²) in [5.74, 6) is -0.0706. The van der Waals surface area contributed by atoms with E-state index in [-0.39, 0.29) is 49.3 Å². The number of hydrogen-bond acceptors (Lipinski definition) is 8. The summed E-state index contributed by atoms with van der Waals surface area (Å²) in [5, 5.41) is 11.2. The van der Waals surface area contributed by atoms with Gasteiger partial charge in [-0.3, -0.25) is 9.59 Å². The van der Waals surface area contributed by atoms with Crippen LogP contribution < -0.4 is 4.87 Å². The lowest BCUT2D eigenvalue weighted by Crippen LogP contribution is -2.45. The van der Waals surface area contributed by atoms with Crippen molar-refractivity contribution in [3.8, 4) is 5.75 Å². The Kier molecular flexibility index (Phi) is 15.2. The molecule has 0 spiro atoms. The molecule has 1 heterocycles. The van der Waals surface area contributed by atoms with E-state index in [2.05, 4.69) is 23.7 Å². The number of amides is 2. The molecule has 0 atom stereocenters. The maximum Gasteiger partial charge on any atom is 0.410 e. The topological polar surface area (TPSA) is 115 Å². The number of fused-ring (bicyclic) bond motifs is 1. The number of likely N-dealkylation sites (N-methyl/N-ethyl adjacent to an activating group) is 1. The fraction of sp³-hybridized carbons (Fsp3) is 0.417. The van der Waals surface area contributed by atoms with E-state index in [4.69, 9.17) is 32.7 Å². The second-order valence-corrected chi connectivity index (χ2v) is 13.2. The quantitative estimate of drug-likeness (QED) is 0.105. The van der Waals surface area contributed by atoms with Crippen molar-refractivity contribution in [2.45, 2.75) is 39.7 Å². The Balaban J connectivity index is 1.41. The monoisotopic (exact) mass is 730 g/mol. The van der Waals surface area contributed by atoms with Crippen LogP contribution in [0.15, 0.2) is 65.5 Å². The molecular formula is C36H44Cl2N4O6S. The third kappa shape index (κ3) is 11.5. The van der Waals surface area contributed by atoms with Gasteiger partial charge in [-0.05, 0) is 54.8 Å². The molecule has 4 rings (SSSR count). The normalized spacial score (nSPS) is 11.3. The molecule has 4 aromatic rings. The third-order valence-corrected chi connectivity index (χ3v) is 10.2. The third-order valence-electron chi connectivity index (χ3n) is 8.33. The molecule has 0 saturated heterocycles. The lowest BCUT2D eigenvalue weighted by molar-refractivity contribution is -0.132. The molecule has 2 amide bonds. The number of aromatic amines is 1. The highest BCUT2D eigenvalue weighted by Crippen LogP contribution is 2.28. The lowest BCUT2D eigenvalue weighted by atomic mass is 10.1. The van der Waals surface area contributed by atoms with E-state index >= 15 is 0 Å². The van der Waals surface area contributed by atoms with Crippen LogP contribution >= 0.6 is 34.5 Å². The second-order valence-electron chi connectivity index (χ2n) is 11.5. The predicted molar refractivity (Wildman–Crippen MR) is 196 cm³/mol. The Morgan fingerprint density at radius 3 is 2.33 bits per heavy atom. The highest BCUT2D eigenvalue weighted by Gasteiger charge is 2.21. The number of nitrogens with zero attached hydrogens (tertiary/aromatic N) is 3. The molecule has 0 saturated carbocycles. The van der Waals surface area contributed by atoms with Crippen LogP contribution in [0.3, 0.4) is 0 Å². The van der Waals surface area contributed by atoms with Gasteiger partial charge in [0.25, 0.3) is 0 Å². The van der Waals surface area contributed by atoms with Gasteiger partial charge in [-0.2, -0.15) is 0 Å². The summed E-state index contributed by atoms with van der Waals surface area (Å²) in [5.41, 5.74) is 2.96. The van der Waals surface area contributed by atoms with Gasteiger partial charge in [0.05, 0.1) is 34.4 Å². The molecular weight excluding hydrogens is 687 g/mol. The number of hydrogen-bond donors (Lipinski definition) is 2. The smallest absolute Gasteiger partial charge is 0.410 e. The fourth-order valence-corrected chi connectivity index (χ4v) is 6.69. The summed E-state index contributed by atoms with van der Waals surface area (Å²) in [6.45, 7) is 8.68. The number of halogens is 2. The van der Waals surface area contributed by atoms with Crippen molar-refractivity contribution in [2.75, 3.05) is 59.0 Å². The Morgan fingerprint density at radius 2 is 1.57 bits per heavy atom. The first-order chi connectivity index (χ1) is 23.7. The lowest BCUT2D eigenvalue weighted by Gasteiger charge is -2.29. The van der Waals surface area contributed by atoms with E-state index in [1.807, 2.05) is 42.5 Å². The van der Waals surface area contributed by atoms with Crippen molar-refractivity contribution in [1.29, 1.82) is 0 Å². The predicted octanol–water partition coefficient (Wildman–Crippen LogP) is 6.60. The number of carbonyl (C=O) groups excluding carboxylic acids is 2. The zero-order valence-corrected chi connectivity index (χ0v) is 30.3. The zero-order chi connectivity index (χ0) is 35.2. The number of aromatic nitrogens is 1. The van der Waals surface area contributed by atoms with Crippen LogP contribution in [0.4, 0.5) is 4.79 Å². The molecule has 13 heteroatoms. The molecule has 49 heavy (non-hydrogen) atoms. The Morgan fingerprint density at radius 1 is 0.837 bits per heavy atom. The van der Waals surface area contributed by atoms with Gasteiger partial charge >= 0.3 is 11.0 Å². The van der Waals surface area contributed by atoms with Crippen LogP contribution in [0.5, 0.6) is 5.75 Å². The average Bonchev–Trinajstić information content (AvgIpc) is 3.51. The number of carbonyl (C=O) groups is 2. The molecule has 1 aromatic heterocycles. The number of ether oxygens (including phenoxy) is 2. The highest BCUT2D eigenvalue weighted by molar-refractivity contribution is 7.16. The molecule has 0 aliphatic carbocycles. The van der Waals surface area contributed by atoms with E-state index in [9.17, 15) is 19.5 Å². The summed E-state index contributed by atoms with van der Waals surface area (Å²) in [4.78, 5) is 47.1. The SMILES string of the molecule is CCN(CC)CCN(CCN(CCc1ccc(O)c2[nH]c(=O)sc12)C(=O)OCc1ccccc1)C(=O)CCOCCc1cccc(Cl)c1Cl. The largest absolute Gasteiger partial charge is 0.506 e. The van der Waals surface area contributed by atoms with Crippen molar-refractivity contribution in [2.24, 2.45) is 0 Å². The number of rotatable bonds is 19. The van der Waals surface area contributed by atoms with Crippen molar-refractivity contribution in [1.82, 2.24) is 19.7 Å². The Labute approximate surface area is 301 Å². The molecule has 0 fully saturated rings. The molecule has 0 aliphatic heterocycles. The van der Waals surface area contributed by atoms with Gasteiger partial charge in [-0.15, -0.1) is 0 Å². The number of phenolic OH excluding ortho intramolecular Hbond substituents is 1. The van der Waals surface area contributed by atoms with E-state index in [0.29, 0.717) is 59.3 Å². The zero-order valence-electron chi connectivity index (χ0n) is 28.0. The van der Waals surface area contributed by atoms with Gasteiger partial charge < -0.3 is 34.3 Å². The van der Waals surface area contributed by atoms with Gasteiger partial charge in [0.1, 0.15) is 17.9 Å². The molecule has 0 aliphatic rings. The van der Waals surface area contributed by atoms with Crippen LogP contribution in [-0.4, -0.2) is 95.8 Å². The summed E-state index contributed by atoms with van der Waals surface area (Å²) in [7, 11) is 0. The Bertz CT molecular complexity index is 1710. The van der Waals surface area contributed by atoms with E-state index in [1.165, 1.54) is 6.07 Å². The standard InChI is InChI=1S/C36H44Cl2N4O6S/c1-3-40(4-2)19-20-41(31(44)17-24-47-23-16-27-11-8-12-29(37)32(27)38)21-22-42(36(46)48-25-26-9-6-5-7-10-26)18-15-28-13-14-30(43)33-34(28)49-35(45)39-33/h5-14,43H,3-4,15-25H2,1-2H3,(H,39,45). The minimum absolute atomic E-state index is 0.00387. The summed E-state index contributed by atoms with van der Waals surface area (Å²) in [6, 6.07) is 18.2. The minimum atomic E-state index is -0.500. The van der Waals surface area contributed by atoms with Crippen LogP contribution in [0, 0.1) is 0 Å². The second kappa shape index (κ2) is 19.5. The maximum atomic E-state index is 13.5.